The molecule has 164 valence electrons. The van der Waals surface area contributed by atoms with Crippen LogP contribution in [0, 0.1) is 24.0 Å². The Labute approximate surface area is 185 Å². The zero-order valence-electron chi connectivity index (χ0n) is 18.0. The van der Waals surface area contributed by atoms with E-state index in [-0.39, 0.29) is 11.6 Å². The number of aromatic nitrogens is 2. The third-order valence-corrected chi connectivity index (χ3v) is 5.36. The normalized spacial score (nSPS) is 13.7. The van der Waals surface area contributed by atoms with Crippen molar-refractivity contribution in [2.45, 2.75) is 13.8 Å². The summed E-state index contributed by atoms with van der Waals surface area (Å²) >= 11 is 0. The number of benzene rings is 2. The van der Waals surface area contributed by atoms with Gasteiger partial charge in [-0.2, -0.15) is 4.98 Å². The predicted octanol–water partition coefficient (Wildman–Crippen LogP) is 3.71. The number of nitro benzene ring substituents is 1. The zero-order chi connectivity index (χ0) is 22.7. The molecule has 0 radical (unpaired) electrons. The second kappa shape index (κ2) is 9.01. The first-order valence-corrected chi connectivity index (χ1v) is 10.4. The summed E-state index contributed by atoms with van der Waals surface area (Å²) in [5, 5.41) is 14.1. The number of carbonyl (C=O) groups excluding carboxylic acids is 1. The Balaban J connectivity index is 1.41. The van der Waals surface area contributed by atoms with Crippen LogP contribution in [0.5, 0.6) is 0 Å². The number of nitrogens with zero attached hydrogens (tertiary/aromatic N) is 5. The Hall–Kier alpha value is -4.01. The van der Waals surface area contributed by atoms with E-state index in [0.717, 1.165) is 17.2 Å². The molecule has 0 saturated carbocycles. The van der Waals surface area contributed by atoms with Crippen molar-refractivity contribution in [2.75, 3.05) is 36.4 Å². The van der Waals surface area contributed by atoms with Crippen LogP contribution in [0.2, 0.25) is 0 Å². The van der Waals surface area contributed by atoms with Crippen LogP contribution in [-0.4, -0.2) is 51.9 Å². The minimum Gasteiger partial charge on any atom is -0.353 e. The van der Waals surface area contributed by atoms with Gasteiger partial charge in [0, 0.05) is 61.3 Å². The number of nitrogens with one attached hydrogen (secondary N) is 1. The standard InChI is InChI=1S/C23H24N6O3/c1-16-3-7-19(8-4-16)25-23-24-17(2)15-21(26-23)27-11-13-28(14-12-27)22(30)18-5-9-20(10-6-18)29(31)32/h3-10,15H,11-14H2,1-2H3,(H,24,25,26). The maximum atomic E-state index is 12.8. The van der Waals surface area contributed by atoms with E-state index >= 15 is 0 Å². The van der Waals surface area contributed by atoms with Gasteiger partial charge in [-0.05, 0) is 38.1 Å². The van der Waals surface area contributed by atoms with E-state index in [1.54, 1.807) is 4.90 Å². The maximum absolute atomic E-state index is 12.8. The summed E-state index contributed by atoms with van der Waals surface area (Å²) in [6.07, 6.45) is 0. The predicted molar refractivity (Wildman–Crippen MR) is 122 cm³/mol. The molecule has 0 spiro atoms. The second-order valence-electron chi connectivity index (χ2n) is 7.77. The Kier molecular flexibility index (Phi) is 5.98. The molecule has 2 aromatic carbocycles. The SMILES string of the molecule is Cc1ccc(Nc2nc(C)cc(N3CCN(C(=O)c4ccc([N+](=O)[O-])cc4)CC3)n2)cc1. The average Bonchev–Trinajstić information content (AvgIpc) is 2.80. The summed E-state index contributed by atoms with van der Waals surface area (Å²) in [6.45, 7) is 6.33. The lowest BCUT2D eigenvalue weighted by molar-refractivity contribution is -0.384. The van der Waals surface area contributed by atoms with E-state index in [9.17, 15) is 14.9 Å². The molecule has 1 fully saturated rings. The molecule has 1 aliphatic heterocycles. The van der Waals surface area contributed by atoms with Gasteiger partial charge in [0.1, 0.15) is 5.82 Å². The fraction of sp³-hybridized carbons (Fsp3) is 0.261. The molecule has 0 unspecified atom stereocenters. The van der Waals surface area contributed by atoms with Gasteiger partial charge >= 0.3 is 0 Å². The summed E-state index contributed by atoms with van der Waals surface area (Å²) in [5.41, 5.74) is 3.38. The van der Waals surface area contributed by atoms with Crippen molar-refractivity contribution >= 4 is 29.0 Å². The molecule has 3 aromatic rings. The summed E-state index contributed by atoms with van der Waals surface area (Å²) in [7, 11) is 0. The number of nitro groups is 1. The largest absolute Gasteiger partial charge is 0.353 e. The number of hydrogen-bond donors (Lipinski definition) is 1. The van der Waals surface area contributed by atoms with Gasteiger partial charge in [0.15, 0.2) is 0 Å². The Bertz CT molecular complexity index is 1120. The number of non-ortho nitro benzene ring substituents is 1. The van der Waals surface area contributed by atoms with E-state index in [1.807, 2.05) is 44.2 Å². The summed E-state index contributed by atoms with van der Waals surface area (Å²) < 4.78 is 0. The third kappa shape index (κ3) is 4.83. The quantitative estimate of drug-likeness (QED) is 0.484. The zero-order valence-corrected chi connectivity index (χ0v) is 18.0. The number of amides is 1. The first-order valence-electron chi connectivity index (χ1n) is 10.4. The summed E-state index contributed by atoms with van der Waals surface area (Å²) in [6, 6.07) is 15.7. The topological polar surface area (TPSA) is 105 Å². The molecule has 0 bridgehead atoms. The lowest BCUT2D eigenvalue weighted by Crippen LogP contribution is -2.49. The number of hydrogen-bond acceptors (Lipinski definition) is 7. The first kappa shape index (κ1) is 21.2. The Morgan fingerprint density at radius 1 is 0.969 bits per heavy atom. The van der Waals surface area contributed by atoms with E-state index in [1.165, 1.54) is 29.8 Å². The number of aryl methyl sites for hydroxylation is 2. The third-order valence-electron chi connectivity index (χ3n) is 5.36. The minimum atomic E-state index is -0.474. The highest BCUT2D eigenvalue weighted by molar-refractivity contribution is 5.94. The van der Waals surface area contributed by atoms with Gasteiger partial charge in [-0.3, -0.25) is 14.9 Å². The maximum Gasteiger partial charge on any atom is 0.269 e. The molecule has 0 atom stereocenters. The van der Waals surface area contributed by atoms with Gasteiger partial charge in [-0.1, -0.05) is 17.7 Å². The van der Waals surface area contributed by atoms with E-state index in [0.29, 0.717) is 37.7 Å². The molecule has 9 nitrogen and oxygen atoms in total. The number of piperazine rings is 1. The van der Waals surface area contributed by atoms with Gasteiger partial charge < -0.3 is 15.1 Å². The van der Waals surface area contributed by atoms with Crippen LogP contribution in [0.1, 0.15) is 21.6 Å². The fourth-order valence-electron chi connectivity index (χ4n) is 3.58. The molecule has 1 amide bonds. The van der Waals surface area contributed by atoms with E-state index < -0.39 is 4.92 Å². The van der Waals surface area contributed by atoms with Crippen LogP contribution < -0.4 is 10.2 Å². The Morgan fingerprint density at radius 3 is 2.25 bits per heavy atom. The molecule has 32 heavy (non-hydrogen) atoms. The van der Waals surface area contributed by atoms with Crippen LogP contribution in [0.25, 0.3) is 0 Å². The molecule has 1 saturated heterocycles. The lowest BCUT2D eigenvalue weighted by atomic mass is 10.1. The molecule has 4 rings (SSSR count). The molecule has 2 heterocycles. The van der Waals surface area contributed by atoms with Crippen LogP contribution in [0.3, 0.4) is 0 Å². The average molecular weight is 432 g/mol. The Morgan fingerprint density at radius 2 is 1.62 bits per heavy atom. The summed E-state index contributed by atoms with van der Waals surface area (Å²) in [4.78, 5) is 36.1. The summed E-state index contributed by atoms with van der Waals surface area (Å²) in [5.74, 6) is 1.22. The molecule has 9 heteroatoms. The smallest absolute Gasteiger partial charge is 0.269 e. The van der Waals surface area contributed by atoms with Gasteiger partial charge in [-0.15, -0.1) is 0 Å². The molecule has 1 aliphatic rings. The van der Waals surface area contributed by atoms with Gasteiger partial charge in [0.2, 0.25) is 5.95 Å². The highest BCUT2D eigenvalue weighted by Gasteiger charge is 2.24. The number of carbonyl (C=O) groups is 1. The van der Waals surface area contributed by atoms with Crippen molar-refractivity contribution in [2.24, 2.45) is 0 Å². The van der Waals surface area contributed by atoms with Crippen LogP contribution in [0.15, 0.2) is 54.6 Å². The van der Waals surface area contributed by atoms with E-state index in [4.69, 9.17) is 0 Å². The molecule has 1 N–H and O–H groups in total. The molecule has 0 aliphatic carbocycles. The lowest BCUT2D eigenvalue weighted by Gasteiger charge is -2.35. The van der Waals surface area contributed by atoms with Crippen LogP contribution in [0.4, 0.5) is 23.1 Å². The minimum absolute atomic E-state index is 0.0273. The van der Waals surface area contributed by atoms with Gasteiger partial charge in [0.05, 0.1) is 4.92 Å². The van der Waals surface area contributed by atoms with Crippen molar-refractivity contribution in [3.05, 3.63) is 81.5 Å². The monoisotopic (exact) mass is 432 g/mol. The van der Waals surface area contributed by atoms with Crippen molar-refractivity contribution < 1.29 is 9.72 Å². The second-order valence-corrected chi connectivity index (χ2v) is 7.77. The van der Waals surface area contributed by atoms with Crippen molar-refractivity contribution in [1.82, 2.24) is 14.9 Å². The van der Waals surface area contributed by atoms with Crippen molar-refractivity contribution in [3.8, 4) is 0 Å². The first-order chi connectivity index (χ1) is 15.4. The van der Waals surface area contributed by atoms with E-state index in [2.05, 4.69) is 20.2 Å². The molecular formula is C23H24N6O3. The highest BCUT2D eigenvalue weighted by atomic mass is 16.6. The molecular weight excluding hydrogens is 408 g/mol. The molecule has 1 aromatic heterocycles. The highest BCUT2D eigenvalue weighted by Crippen LogP contribution is 2.21. The van der Waals surface area contributed by atoms with Crippen molar-refractivity contribution in [3.63, 3.8) is 0 Å². The number of anilines is 3. The van der Waals surface area contributed by atoms with Gasteiger partial charge in [-0.25, -0.2) is 4.98 Å². The van der Waals surface area contributed by atoms with Crippen LogP contribution >= 0.6 is 0 Å². The van der Waals surface area contributed by atoms with Gasteiger partial charge in [0.25, 0.3) is 11.6 Å². The van der Waals surface area contributed by atoms with Crippen LogP contribution in [-0.2, 0) is 0 Å². The van der Waals surface area contributed by atoms with Crippen molar-refractivity contribution in [1.29, 1.82) is 0 Å². The fourth-order valence-corrected chi connectivity index (χ4v) is 3.58. The number of rotatable bonds is 5.